The number of nitrogens with zero attached hydrogens (tertiary/aromatic N) is 1. The second-order valence-electron chi connectivity index (χ2n) is 6.57. The molecule has 1 atom stereocenters. The van der Waals surface area contributed by atoms with E-state index in [-0.39, 0.29) is 11.9 Å². The third kappa shape index (κ3) is 4.71. The van der Waals surface area contributed by atoms with Crippen molar-refractivity contribution in [3.05, 3.63) is 42.5 Å². The van der Waals surface area contributed by atoms with Crippen LogP contribution in [0.15, 0.2) is 42.5 Å². The average Bonchev–Trinajstić information content (AvgIpc) is 3.24. The maximum atomic E-state index is 12.8. The molecule has 0 aromatic heterocycles. The van der Waals surface area contributed by atoms with E-state index >= 15 is 0 Å². The molecule has 0 saturated carbocycles. The monoisotopic (exact) mass is 399 g/mol. The fourth-order valence-corrected chi connectivity index (χ4v) is 3.29. The van der Waals surface area contributed by atoms with Crippen molar-refractivity contribution in [2.45, 2.75) is 18.9 Å². The minimum absolute atomic E-state index is 0.236. The van der Waals surface area contributed by atoms with E-state index < -0.39 is 6.04 Å². The highest BCUT2D eigenvalue weighted by molar-refractivity contribution is 5.99. The number of amides is 3. The Morgan fingerprint density at radius 2 is 1.59 bits per heavy atom. The standard InChI is InChI=1S/C21H25N3O5/c1-27-16-9-6-14(7-10-16)23-21(26)24-12-4-5-17(24)20(25)22-15-8-11-18(28-2)19(13-15)29-3/h6-11,13,17H,4-5,12H2,1-3H3,(H,22,25)(H,23,26). The molecule has 0 radical (unpaired) electrons. The van der Waals surface area contributed by atoms with Gasteiger partial charge in [-0.2, -0.15) is 0 Å². The summed E-state index contributed by atoms with van der Waals surface area (Å²) in [7, 11) is 4.67. The van der Waals surface area contributed by atoms with Gasteiger partial charge in [0.1, 0.15) is 11.8 Å². The van der Waals surface area contributed by atoms with Gasteiger partial charge in [0, 0.05) is 24.0 Å². The van der Waals surface area contributed by atoms with E-state index in [1.165, 1.54) is 7.11 Å². The van der Waals surface area contributed by atoms with Crippen LogP contribution in [0.4, 0.5) is 16.2 Å². The van der Waals surface area contributed by atoms with Gasteiger partial charge in [0.05, 0.1) is 21.3 Å². The number of ether oxygens (including phenoxy) is 3. The van der Waals surface area contributed by atoms with E-state index in [4.69, 9.17) is 14.2 Å². The number of urea groups is 1. The third-order valence-corrected chi connectivity index (χ3v) is 4.81. The molecule has 0 spiro atoms. The van der Waals surface area contributed by atoms with Gasteiger partial charge >= 0.3 is 6.03 Å². The lowest BCUT2D eigenvalue weighted by molar-refractivity contribution is -0.119. The zero-order valence-corrected chi connectivity index (χ0v) is 16.7. The molecule has 1 fully saturated rings. The number of likely N-dealkylation sites (tertiary alicyclic amines) is 1. The number of benzene rings is 2. The number of carbonyl (C=O) groups excluding carboxylic acids is 2. The summed E-state index contributed by atoms with van der Waals surface area (Å²) in [6.45, 7) is 0.520. The molecule has 8 heteroatoms. The van der Waals surface area contributed by atoms with Crippen LogP contribution >= 0.6 is 0 Å². The summed E-state index contributed by atoms with van der Waals surface area (Å²) in [6, 6.07) is 11.3. The number of carbonyl (C=O) groups is 2. The van der Waals surface area contributed by atoms with Gasteiger partial charge in [-0.25, -0.2) is 4.79 Å². The Labute approximate surface area is 169 Å². The number of hydrogen-bond acceptors (Lipinski definition) is 5. The largest absolute Gasteiger partial charge is 0.497 e. The Morgan fingerprint density at radius 3 is 2.24 bits per heavy atom. The SMILES string of the molecule is COc1ccc(NC(=O)N2CCCC2C(=O)Nc2ccc(OC)c(OC)c2)cc1. The van der Waals surface area contributed by atoms with Crippen LogP contribution in [0.3, 0.4) is 0 Å². The molecular formula is C21H25N3O5. The highest BCUT2D eigenvalue weighted by Gasteiger charge is 2.34. The molecule has 154 valence electrons. The van der Waals surface area contributed by atoms with Gasteiger partial charge < -0.3 is 29.7 Å². The topological polar surface area (TPSA) is 89.1 Å². The fraction of sp³-hybridized carbons (Fsp3) is 0.333. The van der Waals surface area contributed by atoms with Gasteiger partial charge in [-0.05, 0) is 49.2 Å². The van der Waals surface area contributed by atoms with Crippen molar-refractivity contribution in [2.24, 2.45) is 0 Å². The molecule has 1 aliphatic rings. The van der Waals surface area contributed by atoms with Gasteiger partial charge in [-0.15, -0.1) is 0 Å². The van der Waals surface area contributed by atoms with Crippen LogP contribution in [-0.4, -0.2) is 50.8 Å². The summed E-state index contributed by atoms with van der Waals surface area (Å²) < 4.78 is 15.6. The third-order valence-electron chi connectivity index (χ3n) is 4.81. The summed E-state index contributed by atoms with van der Waals surface area (Å²) in [4.78, 5) is 27.0. The lowest BCUT2D eigenvalue weighted by atomic mass is 10.2. The van der Waals surface area contributed by atoms with E-state index in [9.17, 15) is 9.59 Å². The molecule has 2 aromatic carbocycles. The summed E-state index contributed by atoms with van der Waals surface area (Å²) in [6.07, 6.45) is 1.37. The quantitative estimate of drug-likeness (QED) is 0.778. The number of anilines is 2. The summed E-state index contributed by atoms with van der Waals surface area (Å²) in [5.41, 5.74) is 1.22. The Morgan fingerprint density at radius 1 is 0.897 bits per heavy atom. The molecule has 29 heavy (non-hydrogen) atoms. The first kappa shape index (κ1) is 20.3. The van der Waals surface area contributed by atoms with Crippen LogP contribution in [0, 0.1) is 0 Å². The molecule has 1 saturated heterocycles. The van der Waals surface area contributed by atoms with Gasteiger partial charge in [0.15, 0.2) is 11.5 Å². The Kier molecular flexibility index (Phi) is 6.43. The second-order valence-corrected chi connectivity index (χ2v) is 6.57. The van der Waals surface area contributed by atoms with Crippen LogP contribution in [0.5, 0.6) is 17.2 Å². The predicted octanol–water partition coefficient (Wildman–Crippen LogP) is 3.35. The van der Waals surface area contributed by atoms with Crippen molar-refractivity contribution in [2.75, 3.05) is 38.5 Å². The van der Waals surface area contributed by atoms with Crippen molar-refractivity contribution in [1.29, 1.82) is 0 Å². The Bertz CT molecular complexity index is 869. The van der Waals surface area contributed by atoms with Gasteiger partial charge in [0.2, 0.25) is 5.91 Å². The molecule has 0 aliphatic carbocycles. The summed E-state index contributed by atoms with van der Waals surface area (Å²) in [5, 5.41) is 5.69. The first-order valence-corrected chi connectivity index (χ1v) is 9.30. The Hall–Kier alpha value is -3.42. The van der Waals surface area contributed by atoms with Crippen LogP contribution in [-0.2, 0) is 4.79 Å². The molecule has 1 aliphatic heterocycles. The van der Waals surface area contributed by atoms with E-state index in [1.807, 2.05) is 0 Å². The van der Waals surface area contributed by atoms with E-state index in [0.717, 1.165) is 6.42 Å². The van der Waals surface area contributed by atoms with Crippen LogP contribution < -0.4 is 24.8 Å². The van der Waals surface area contributed by atoms with Crippen molar-refractivity contribution in [3.63, 3.8) is 0 Å². The lowest BCUT2D eigenvalue weighted by Crippen LogP contribution is -2.45. The van der Waals surface area contributed by atoms with Gasteiger partial charge in [-0.3, -0.25) is 4.79 Å². The van der Waals surface area contributed by atoms with Gasteiger partial charge in [-0.1, -0.05) is 0 Å². The van der Waals surface area contributed by atoms with Crippen LogP contribution in [0.25, 0.3) is 0 Å². The second kappa shape index (κ2) is 9.18. The van der Waals surface area contributed by atoms with Crippen LogP contribution in [0.1, 0.15) is 12.8 Å². The van der Waals surface area contributed by atoms with Crippen molar-refractivity contribution >= 4 is 23.3 Å². The number of rotatable bonds is 6. The van der Waals surface area contributed by atoms with E-state index in [0.29, 0.717) is 41.6 Å². The molecule has 1 unspecified atom stereocenters. The molecule has 3 rings (SSSR count). The molecule has 8 nitrogen and oxygen atoms in total. The molecular weight excluding hydrogens is 374 g/mol. The lowest BCUT2D eigenvalue weighted by Gasteiger charge is -2.24. The minimum Gasteiger partial charge on any atom is -0.497 e. The molecule has 2 aromatic rings. The molecule has 2 N–H and O–H groups in total. The highest BCUT2D eigenvalue weighted by atomic mass is 16.5. The summed E-state index contributed by atoms with van der Waals surface area (Å²) >= 11 is 0. The zero-order chi connectivity index (χ0) is 20.8. The minimum atomic E-state index is -0.540. The first-order chi connectivity index (χ1) is 14.0. The van der Waals surface area contributed by atoms with E-state index in [2.05, 4.69) is 10.6 Å². The highest BCUT2D eigenvalue weighted by Crippen LogP contribution is 2.30. The zero-order valence-electron chi connectivity index (χ0n) is 16.7. The van der Waals surface area contributed by atoms with Crippen molar-refractivity contribution < 1.29 is 23.8 Å². The Balaban J connectivity index is 1.66. The number of hydrogen-bond donors (Lipinski definition) is 2. The number of methoxy groups -OCH3 is 3. The van der Waals surface area contributed by atoms with Gasteiger partial charge in [0.25, 0.3) is 0 Å². The molecule has 1 heterocycles. The van der Waals surface area contributed by atoms with Crippen molar-refractivity contribution in [3.8, 4) is 17.2 Å². The first-order valence-electron chi connectivity index (χ1n) is 9.30. The van der Waals surface area contributed by atoms with Crippen molar-refractivity contribution in [1.82, 2.24) is 4.90 Å². The smallest absolute Gasteiger partial charge is 0.322 e. The summed E-state index contributed by atoms with van der Waals surface area (Å²) in [5.74, 6) is 1.56. The maximum absolute atomic E-state index is 12.8. The average molecular weight is 399 g/mol. The fourth-order valence-electron chi connectivity index (χ4n) is 3.29. The maximum Gasteiger partial charge on any atom is 0.322 e. The predicted molar refractivity (Wildman–Crippen MR) is 110 cm³/mol. The van der Waals surface area contributed by atoms with Crippen LogP contribution in [0.2, 0.25) is 0 Å². The van der Waals surface area contributed by atoms with E-state index in [1.54, 1.807) is 61.6 Å². The molecule has 0 bridgehead atoms. The normalized spacial score (nSPS) is 15.6. The number of nitrogens with one attached hydrogen (secondary N) is 2. The molecule has 3 amide bonds.